The molecule has 1 aliphatic heterocycles. The summed E-state index contributed by atoms with van der Waals surface area (Å²) in [7, 11) is 0. The number of nitrogens with zero attached hydrogens (tertiary/aromatic N) is 1. The maximum atomic E-state index is 11.9. The van der Waals surface area contributed by atoms with Crippen molar-refractivity contribution in [3.63, 3.8) is 0 Å². The highest BCUT2D eigenvalue weighted by molar-refractivity contribution is 5.78. The third-order valence-electron chi connectivity index (χ3n) is 3.45. The molecular weight excluding hydrogens is 232 g/mol. The molecule has 1 unspecified atom stereocenters. The van der Waals surface area contributed by atoms with E-state index < -0.39 is 0 Å². The van der Waals surface area contributed by atoms with Crippen molar-refractivity contribution in [3.8, 4) is 0 Å². The first-order valence-corrected chi connectivity index (χ1v) is 6.91. The zero-order valence-corrected chi connectivity index (χ0v) is 11.5. The lowest BCUT2D eigenvalue weighted by Crippen LogP contribution is -2.45. The number of aliphatic hydroxyl groups excluding tert-OH is 1. The van der Waals surface area contributed by atoms with Crippen LogP contribution in [0, 0.1) is 0 Å². The summed E-state index contributed by atoms with van der Waals surface area (Å²) in [4.78, 5) is 13.8. The maximum Gasteiger partial charge on any atom is 0.236 e. The fourth-order valence-corrected chi connectivity index (χ4v) is 2.01. The number of carbonyl (C=O) groups excluding carboxylic acids is 1. The molecule has 0 radical (unpaired) electrons. The summed E-state index contributed by atoms with van der Waals surface area (Å²) in [6.07, 6.45) is 2.97. The van der Waals surface area contributed by atoms with E-state index in [-0.39, 0.29) is 18.6 Å². The SMILES string of the molecule is CCC(C)NCC(=O)N1CCC(OCCO)CC1. The largest absolute Gasteiger partial charge is 0.394 e. The molecule has 0 bridgehead atoms. The highest BCUT2D eigenvalue weighted by Crippen LogP contribution is 2.13. The molecule has 1 aliphatic rings. The number of hydrogen-bond acceptors (Lipinski definition) is 4. The normalized spacial score (nSPS) is 18.9. The van der Waals surface area contributed by atoms with Crippen LogP contribution in [0.3, 0.4) is 0 Å². The molecule has 1 fully saturated rings. The van der Waals surface area contributed by atoms with Crippen molar-refractivity contribution in [2.75, 3.05) is 32.8 Å². The van der Waals surface area contributed by atoms with Gasteiger partial charge in [-0.1, -0.05) is 6.92 Å². The van der Waals surface area contributed by atoms with Crippen molar-refractivity contribution in [1.29, 1.82) is 0 Å². The fourth-order valence-electron chi connectivity index (χ4n) is 2.01. The average Bonchev–Trinajstić information content (AvgIpc) is 2.42. The molecule has 1 amide bonds. The van der Waals surface area contributed by atoms with Gasteiger partial charge in [0.05, 0.1) is 25.9 Å². The maximum absolute atomic E-state index is 11.9. The smallest absolute Gasteiger partial charge is 0.236 e. The first-order chi connectivity index (χ1) is 8.67. The summed E-state index contributed by atoms with van der Waals surface area (Å²) in [5.41, 5.74) is 0. The number of likely N-dealkylation sites (tertiary alicyclic amines) is 1. The van der Waals surface area contributed by atoms with Crippen LogP contribution >= 0.6 is 0 Å². The molecule has 0 spiro atoms. The third kappa shape index (κ3) is 5.33. The summed E-state index contributed by atoms with van der Waals surface area (Å²) in [6, 6.07) is 0.388. The summed E-state index contributed by atoms with van der Waals surface area (Å²) in [5.74, 6) is 0.177. The standard InChI is InChI=1S/C13H26N2O3/c1-3-11(2)14-10-13(17)15-6-4-12(5-7-15)18-9-8-16/h11-12,14,16H,3-10H2,1-2H3. The van der Waals surface area contributed by atoms with Gasteiger partial charge >= 0.3 is 0 Å². The average molecular weight is 258 g/mol. The number of rotatable bonds is 7. The predicted molar refractivity (Wildman–Crippen MR) is 70.4 cm³/mol. The van der Waals surface area contributed by atoms with Gasteiger partial charge in [-0.3, -0.25) is 4.79 Å². The van der Waals surface area contributed by atoms with Gasteiger partial charge in [-0.05, 0) is 26.2 Å². The van der Waals surface area contributed by atoms with Crippen molar-refractivity contribution in [1.82, 2.24) is 10.2 Å². The Kier molecular flexibility index (Phi) is 7.23. The Morgan fingerprint density at radius 1 is 1.50 bits per heavy atom. The van der Waals surface area contributed by atoms with E-state index in [9.17, 15) is 4.79 Å². The Labute approximate surface area is 109 Å². The van der Waals surface area contributed by atoms with Crippen LogP contribution in [0.5, 0.6) is 0 Å². The Hall–Kier alpha value is -0.650. The minimum absolute atomic E-state index is 0.0674. The molecule has 1 saturated heterocycles. The second-order valence-electron chi connectivity index (χ2n) is 4.86. The van der Waals surface area contributed by atoms with Crippen molar-refractivity contribution >= 4 is 5.91 Å². The molecule has 2 N–H and O–H groups in total. The quantitative estimate of drug-likeness (QED) is 0.693. The van der Waals surface area contributed by atoms with Gasteiger partial charge < -0.3 is 20.1 Å². The molecule has 5 heteroatoms. The predicted octanol–water partition coefficient (Wildman–Crippen LogP) is 0.374. The molecule has 1 atom stereocenters. The number of carbonyl (C=O) groups is 1. The highest BCUT2D eigenvalue weighted by atomic mass is 16.5. The van der Waals surface area contributed by atoms with Gasteiger partial charge in [-0.15, -0.1) is 0 Å². The summed E-state index contributed by atoms with van der Waals surface area (Å²) < 4.78 is 5.47. The summed E-state index contributed by atoms with van der Waals surface area (Å²) >= 11 is 0. The van der Waals surface area contributed by atoms with Crippen LogP contribution in [0.2, 0.25) is 0 Å². The molecule has 0 aromatic heterocycles. The fraction of sp³-hybridized carbons (Fsp3) is 0.923. The van der Waals surface area contributed by atoms with Crippen LogP contribution in [0.4, 0.5) is 0 Å². The van der Waals surface area contributed by atoms with Crippen molar-refractivity contribution in [2.24, 2.45) is 0 Å². The topological polar surface area (TPSA) is 61.8 Å². The van der Waals surface area contributed by atoms with E-state index in [1.165, 1.54) is 0 Å². The number of nitrogens with one attached hydrogen (secondary N) is 1. The van der Waals surface area contributed by atoms with Gasteiger partial charge in [0.15, 0.2) is 0 Å². The van der Waals surface area contributed by atoms with E-state index in [0.717, 1.165) is 32.4 Å². The summed E-state index contributed by atoms with van der Waals surface area (Å²) in [6.45, 7) is 6.60. The van der Waals surface area contributed by atoms with Crippen LogP contribution in [0.1, 0.15) is 33.1 Å². The molecule has 0 aliphatic carbocycles. The monoisotopic (exact) mass is 258 g/mol. The summed E-state index contributed by atoms with van der Waals surface area (Å²) in [5, 5.41) is 11.9. The Morgan fingerprint density at radius 2 is 2.17 bits per heavy atom. The highest BCUT2D eigenvalue weighted by Gasteiger charge is 2.22. The van der Waals surface area contributed by atoms with Crippen molar-refractivity contribution < 1.29 is 14.6 Å². The molecule has 1 heterocycles. The van der Waals surface area contributed by atoms with E-state index in [2.05, 4.69) is 19.2 Å². The van der Waals surface area contributed by atoms with Gasteiger partial charge in [0.1, 0.15) is 0 Å². The molecular formula is C13H26N2O3. The number of amides is 1. The molecule has 18 heavy (non-hydrogen) atoms. The zero-order valence-electron chi connectivity index (χ0n) is 11.5. The van der Waals surface area contributed by atoms with E-state index in [4.69, 9.17) is 9.84 Å². The van der Waals surface area contributed by atoms with Crippen molar-refractivity contribution in [3.05, 3.63) is 0 Å². The second kappa shape index (κ2) is 8.45. The number of piperidine rings is 1. The minimum atomic E-state index is 0.0674. The zero-order chi connectivity index (χ0) is 13.4. The molecule has 0 aromatic rings. The Balaban J connectivity index is 2.19. The molecule has 0 aromatic carbocycles. The van der Waals surface area contributed by atoms with Crippen LogP contribution < -0.4 is 5.32 Å². The van der Waals surface area contributed by atoms with Crippen LogP contribution in [-0.2, 0) is 9.53 Å². The lowest BCUT2D eigenvalue weighted by atomic mass is 10.1. The van der Waals surface area contributed by atoms with Gasteiger partial charge in [-0.2, -0.15) is 0 Å². The van der Waals surface area contributed by atoms with E-state index >= 15 is 0 Å². The lowest BCUT2D eigenvalue weighted by Gasteiger charge is -2.32. The Morgan fingerprint density at radius 3 is 2.72 bits per heavy atom. The number of ether oxygens (including phenoxy) is 1. The van der Waals surface area contributed by atoms with Crippen LogP contribution in [0.15, 0.2) is 0 Å². The number of aliphatic hydroxyl groups is 1. The van der Waals surface area contributed by atoms with Gasteiger partial charge in [-0.25, -0.2) is 0 Å². The van der Waals surface area contributed by atoms with E-state index in [1.54, 1.807) is 0 Å². The van der Waals surface area contributed by atoms with E-state index in [1.807, 2.05) is 4.90 Å². The van der Waals surface area contributed by atoms with Gasteiger partial charge in [0.2, 0.25) is 5.91 Å². The molecule has 5 nitrogen and oxygen atoms in total. The Bertz CT molecular complexity index is 240. The molecule has 106 valence electrons. The van der Waals surface area contributed by atoms with Gasteiger partial charge in [0.25, 0.3) is 0 Å². The first kappa shape index (κ1) is 15.4. The molecule has 1 rings (SSSR count). The molecule has 0 saturated carbocycles. The van der Waals surface area contributed by atoms with E-state index in [0.29, 0.717) is 19.2 Å². The minimum Gasteiger partial charge on any atom is -0.394 e. The van der Waals surface area contributed by atoms with Crippen LogP contribution in [-0.4, -0.2) is 60.9 Å². The van der Waals surface area contributed by atoms with Gasteiger partial charge in [0, 0.05) is 19.1 Å². The van der Waals surface area contributed by atoms with Crippen LogP contribution in [0.25, 0.3) is 0 Å². The number of hydrogen-bond donors (Lipinski definition) is 2. The van der Waals surface area contributed by atoms with Crippen molar-refractivity contribution in [2.45, 2.75) is 45.3 Å². The third-order valence-corrected chi connectivity index (χ3v) is 3.45. The second-order valence-corrected chi connectivity index (χ2v) is 4.86. The first-order valence-electron chi connectivity index (χ1n) is 6.91. The lowest BCUT2D eigenvalue weighted by molar-refractivity contribution is -0.133.